The molecule has 0 amide bonds. The first-order valence-corrected chi connectivity index (χ1v) is 6.72. The summed E-state index contributed by atoms with van der Waals surface area (Å²) >= 11 is 0. The Morgan fingerprint density at radius 1 is 1.22 bits per heavy atom. The monoisotopic (exact) mass is 238 g/mol. The van der Waals surface area contributed by atoms with E-state index in [1.807, 2.05) is 12.3 Å². The fourth-order valence-corrected chi connectivity index (χ4v) is 2.71. The molecule has 0 fully saturated rings. The highest BCUT2D eigenvalue weighted by Gasteiger charge is 2.19. The average molecular weight is 238 g/mol. The van der Waals surface area contributed by atoms with Gasteiger partial charge in [0, 0.05) is 5.56 Å². The van der Waals surface area contributed by atoms with Crippen LogP contribution in [0, 0.1) is 0 Å². The minimum atomic E-state index is 1.10. The molecule has 2 heteroatoms. The van der Waals surface area contributed by atoms with Gasteiger partial charge in [-0.15, -0.1) is 0 Å². The molecule has 1 aromatic carbocycles. The van der Waals surface area contributed by atoms with Crippen LogP contribution in [0.3, 0.4) is 0 Å². The second-order valence-electron chi connectivity index (χ2n) is 4.74. The Morgan fingerprint density at radius 3 is 2.83 bits per heavy atom. The Bertz CT molecular complexity index is 564. The van der Waals surface area contributed by atoms with Crippen molar-refractivity contribution in [1.82, 2.24) is 9.78 Å². The Hall–Kier alpha value is -1.83. The van der Waals surface area contributed by atoms with E-state index in [1.54, 1.807) is 0 Å². The third-order valence-corrected chi connectivity index (χ3v) is 3.53. The van der Waals surface area contributed by atoms with Crippen LogP contribution in [0.1, 0.15) is 37.4 Å². The van der Waals surface area contributed by atoms with E-state index in [4.69, 9.17) is 0 Å². The van der Waals surface area contributed by atoms with Crippen molar-refractivity contribution in [2.24, 2.45) is 0 Å². The summed E-state index contributed by atoms with van der Waals surface area (Å²) in [5.74, 6) is 0. The van der Waals surface area contributed by atoms with Gasteiger partial charge in [0.1, 0.15) is 0 Å². The van der Waals surface area contributed by atoms with Crippen LogP contribution < -0.4 is 0 Å². The molecule has 1 aliphatic carbocycles. The zero-order chi connectivity index (χ0) is 12.4. The number of benzene rings is 1. The Morgan fingerprint density at radius 2 is 2.06 bits per heavy atom. The number of para-hydroxylation sites is 1. The van der Waals surface area contributed by atoms with Crippen LogP contribution >= 0.6 is 0 Å². The predicted molar refractivity (Wildman–Crippen MR) is 74.8 cm³/mol. The first-order valence-electron chi connectivity index (χ1n) is 6.72. The lowest BCUT2D eigenvalue weighted by Gasteiger charge is -2.17. The number of rotatable bonds is 2. The van der Waals surface area contributed by atoms with Crippen LogP contribution in [0.2, 0.25) is 0 Å². The highest BCUT2D eigenvalue weighted by Crippen LogP contribution is 2.32. The molecule has 0 saturated carbocycles. The van der Waals surface area contributed by atoms with E-state index in [-0.39, 0.29) is 0 Å². The van der Waals surface area contributed by atoms with Gasteiger partial charge < -0.3 is 0 Å². The van der Waals surface area contributed by atoms with Crippen molar-refractivity contribution >= 4 is 5.57 Å². The van der Waals surface area contributed by atoms with Crippen LogP contribution in [-0.4, -0.2) is 9.78 Å². The van der Waals surface area contributed by atoms with Gasteiger partial charge in [0.25, 0.3) is 0 Å². The molecule has 92 valence electrons. The van der Waals surface area contributed by atoms with Crippen molar-refractivity contribution in [1.29, 1.82) is 0 Å². The molecule has 0 N–H and O–H groups in total. The smallest absolute Gasteiger partial charge is 0.0649 e. The molecule has 0 atom stereocenters. The molecule has 3 rings (SSSR count). The van der Waals surface area contributed by atoms with E-state index in [2.05, 4.69) is 47.0 Å². The van der Waals surface area contributed by atoms with Gasteiger partial charge in [0.05, 0.1) is 17.6 Å². The Labute approximate surface area is 108 Å². The van der Waals surface area contributed by atoms with Crippen LogP contribution in [0.5, 0.6) is 0 Å². The van der Waals surface area contributed by atoms with Crippen molar-refractivity contribution in [3.63, 3.8) is 0 Å². The van der Waals surface area contributed by atoms with Gasteiger partial charge in [-0.2, -0.15) is 5.10 Å². The normalized spacial score (nSPS) is 16.8. The largest absolute Gasteiger partial charge is 0.237 e. The van der Waals surface area contributed by atoms with Crippen molar-refractivity contribution in [3.05, 3.63) is 53.9 Å². The van der Waals surface area contributed by atoms with Crippen LogP contribution in [0.25, 0.3) is 11.3 Å². The summed E-state index contributed by atoms with van der Waals surface area (Å²) in [4.78, 5) is 0. The lowest BCUT2D eigenvalue weighted by atomic mass is 9.92. The van der Waals surface area contributed by atoms with Crippen molar-refractivity contribution < 1.29 is 0 Å². The lowest BCUT2D eigenvalue weighted by Crippen LogP contribution is -2.07. The molecule has 1 aliphatic rings. The van der Waals surface area contributed by atoms with E-state index in [9.17, 15) is 0 Å². The summed E-state index contributed by atoms with van der Waals surface area (Å²) in [7, 11) is 0. The number of nitrogens with zero attached hydrogens (tertiary/aromatic N) is 2. The highest BCUT2D eigenvalue weighted by atomic mass is 15.3. The maximum atomic E-state index is 4.58. The molecule has 0 unspecified atom stereocenters. The zero-order valence-electron chi connectivity index (χ0n) is 10.8. The van der Waals surface area contributed by atoms with Gasteiger partial charge in [-0.05, 0) is 43.4 Å². The summed E-state index contributed by atoms with van der Waals surface area (Å²) in [6, 6.07) is 10.4. The number of hydrogen-bond donors (Lipinski definition) is 0. The molecular formula is C16H18N2. The van der Waals surface area contributed by atoms with E-state index >= 15 is 0 Å². The highest BCUT2D eigenvalue weighted by molar-refractivity contribution is 5.69. The summed E-state index contributed by atoms with van der Waals surface area (Å²) in [6.45, 7) is 2.20. The van der Waals surface area contributed by atoms with Gasteiger partial charge in [-0.3, -0.25) is 0 Å². The third-order valence-electron chi connectivity index (χ3n) is 3.53. The summed E-state index contributed by atoms with van der Waals surface area (Å²) in [5, 5.41) is 4.58. The topological polar surface area (TPSA) is 17.8 Å². The Balaban J connectivity index is 2.08. The average Bonchev–Trinajstić information content (AvgIpc) is 2.85. The third kappa shape index (κ3) is 1.88. The predicted octanol–water partition coefficient (Wildman–Crippen LogP) is 4.00. The Kier molecular flexibility index (Phi) is 3.01. The number of fused-ring (bicyclic) bond motifs is 1. The molecule has 0 saturated heterocycles. The molecule has 18 heavy (non-hydrogen) atoms. The minimum Gasteiger partial charge on any atom is -0.237 e. The second-order valence-corrected chi connectivity index (χ2v) is 4.74. The number of hydrogen-bond acceptors (Lipinski definition) is 1. The van der Waals surface area contributed by atoms with Gasteiger partial charge in [-0.1, -0.05) is 31.2 Å². The zero-order valence-corrected chi connectivity index (χ0v) is 10.8. The van der Waals surface area contributed by atoms with Crippen LogP contribution in [0.4, 0.5) is 0 Å². The number of aromatic nitrogens is 2. The molecule has 0 radical (unpaired) electrons. The van der Waals surface area contributed by atoms with E-state index in [1.165, 1.54) is 29.7 Å². The van der Waals surface area contributed by atoms with Crippen LogP contribution in [0.15, 0.2) is 42.6 Å². The first-order chi connectivity index (χ1) is 8.90. The molecular weight excluding hydrogens is 220 g/mol. The van der Waals surface area contributed by atoms with E-state index < -0.39 is 0 Å². The summed E-state index contributed by atoms with van der Waals surface area (Å²) < 4.78 is 2.10. The lowest BCUT2D eigenvalue weighted by molar-refractivity contribution is 0.737. The van der Waals surface area contributed by atoms with Gasteiger partial charge in [0.15, 0.2) is 0 Å². The summed E-state index contributed by atoms with van der Waals surface area (Å²) in [6.07, 6.45) is 9.03. The van der Waals surface area contributed by atoms with Crippen molar-refractivity contribution in [2.75, 3.05) is 0 Å². The van der Waals surface area contributed by atoms with Gasteiger partial charge >= 0.3 is 0 Å². The van der Waals surface area contributed by atoms with Crippen molar-refractivity contribution in [2.45, 2.75) is 32.6 Å². The molecule has 0 bridgehead atoms. The first kappa shape index (κ1) is 11.3. The second kappa shape index (κ2) is 4.81. The van der Waals surface area contributed by atoms with E-state index in [0.717, 1.165) is 18.5 Å². The van der Waals surface area contributed by atoms with Gasteiger partial charge in [0.2, 0.25) is 0 Å². The molecule has 0 spiro atoms. The standard InChI is InChI=1S/C16H18N2/c1-2-7-13-8-6-11-16-15(13)12-17-18(16)14-9-4-3-5-10-14/h3-5,7,9-10,12H,2,6,8,11H2,1H3/b13-7+. The number of allylic oxidation sites excluding steroid dienone is 2. The maximum absolute atomic E-state index is 4.58. The molecule has 2 aromatic rings. The molecule has 2 nitrogen and oxygen atoms in total. The quantitative estimate of drug-likeness (QED) is 0.773. The molecule has 0 aliphatic heterocycles. The SMILES string of the molecule is CC/C=C1\CCCc2c1cnn2-c1ccccc1. The van der Waals surface area contributed by atoms with Crippen molar-refractivity contribution in [3.8, 4) is 5.69 Å². The summed E-state index contributed by atoms with van der Waals surface area (Å²) in [5.41, 5.74) is 5.36. The van der Waals surface area contributed by atoms with Crippen LogP contribution in [-0.2, 0) is 6.42 Å². The van der Waals surface area contributed by atoms with E-state index in [0.29, 0.717) is 0 Å². The molecule has 1 aromatic heterocycles. The maximum Gasteiger partial charge on any atom is 0.0649 e. The minimum absolute atomic E-state index is 1.10. The fourth-order valence-electron chi connectivity index (χ4n) is 2.71. The molecule has 1 heterocycles. The van der Waals surface area contributed by atoms with Gasteiger partial charge in [-0.25, -0.2) is 4.68 Å². The fraction of sp³-hybridized carbons (Fsp3) is 0.312.